The zero-order valence-electron chi connectivity index (χ0n) is 14.0. The van der Waals surface area contributed by atoms with E-state index in [-0.39, 0.29) is 11.7 Å². The van der Waals surface area contributed by atoms with Crippen LogP contribution in [-0.4, -0.2) is 44.4 Å². The monoisotopic (exact) mass is 331 g/mol. The number of aromatic nitrogens is 2. The van der Waals surface area contributed by atoms with Crippen LogP contribution in [0.4, 0.5) is 4.39 Å². The van der Waals surface area contributed by atoms with Gasteiger partial charge in [0.1, 0.15) is 5.82 Å². The Balaban J connectivity index is 1.64. The highest BCUT2D eigenvalue weighted by Gasteiger charge is 2.34. The van der Waals surface area contributed by atoms with Gasteiger partial charge in [0.05, 0.1) is 17.4 Å². The zero-order valence-corrected chi connectivity index (χ0v) is 14.0. The van der Waals surface area contributed by atoms with E-state index < -0.39 is 5.60 Å². The van der Waals surface area contributed by atoms with Crippen LogP contribution in [0.3, 0.4) is 0 Å². The predicted octanol–water partition coefficient (Wildman–Crippen LogP) is 2.08. The molecule has 3 rings (SSSR count). The molecule has 6 heteroatoms. The number of nitrogens with zero attached hydrogens (tertiary/aromatic N) is 3. The molecule has 128 valence electrons. The third-order valence-corrected chi connectivity index (χ3v) is 4.87. The Hall–Kier alpha value is -2.21. The number of rotatable bonds is 3. The van der Waals surface area contributed by atoms with Crippen molar-refractivity contribution in [2.45, 2.75) is 31.8 Å². The summed E-state index contributed by atoms with van der Waals surface area (Å²) in [5.41, 5.74) is 1.32. The average molecular weight is 331 g/mol. The molecule has 0 saturated carbocycles. The van der Waals surface area contributed by atoms with Crippen molar-refractivity contribution in [3.05, 3.63) is 53.1 Å². The Kier molecular flexibility index (Phi) is 4.41. The van der Waals surface area contributed by atoms with E-state index in [1.54, 1.807) is 28.9 Å². The first-order valence-corrected chi connectivity index (χ1v) is 8.13. The number of carbonyl (C=O) groups excluding carboxylic acids is 1. The molecule has 1 aromatic carbocycles. The second-order valence-electron chi connectivity index (χ2n) is 6.59. The van der Waals surface area contributed by atoms with Crippen molar-refractivity contribution < 1.29 is 14.3 Å². The Morgan fingerprint density at radius 2 is 2.08 bits per heavy atom. The minimum atomic E-state index is -0.894. The quantitative estimate of drug-likeness (QED) is 0.937. The van der Waals surface area contributed by atoms with Crippen LogP contribution >= 0.6 is 0 Å². The Morgan fingerprint density at radius 3 is 2.67 bits per heavy atom. The molecular formula is C18H22FN3O2. The van der Waals surface area contributed by atoms with Crippen LogP contribution in [0.15, 0.2) is 30.5 Å². The Labute approximate surface area is 140 Å². The minimum Gasteiger partial charge on any atom is -0.389 e. The third-order valence-electron chi connectivity index (χ3n) is 4.87. The first-order valence-electron chi connectivity index (χ1n) is 8.13. The van der Waals surface area contributed by atoms with E-state index >= 15 is 0 Å². The van der Waals surface area contributed by atoms with E-state index in [9.17, 15) is 14.3 Å². The van der Waals surface area contributed by atoms with E-state index in [2.05, 4.69) is 5.10 Å². The number of benzene rings is 1. The van der Waals surface area contributed by atoms with Crippen molar-refractivity contribution >= 4 is 5.91 Å². The normalized spacial score (nSPS) is 17.1. The predicted molar refractivity (Wildman–Crippen MR) is 88.1 cm³/mol. The first kappa shape index (κ1) is 16.6. The molecule has 0 unspecified atom stereocenters. The topological polar surface area (TPSA) is 58.4 Å². The van der Waals surface area contributed by atoms with Gasteiger partial charge in [0, 0.05) is 32.3 Å². The fourth-order valence-corrected chi connectivity index (χ4v) is 3.21. The summed E-state index contributed by atoms with van der Waals surface area (Å²) in [6.45, 7) is 2.84. The van der Waals surface area contributed by atoms with Gasteiger partial charge in [-0.2, -0.15) is 5.10 Å². The van der Waals surface area contributed by atoms with Crippen LogP contribution < -0.4 is 0 Å². The van der Waals surface area contributed by atoms with Crippen molar-refractivity contribution in [1.82, 2.24) is 14.7 Å². The summed E-state index contributed by atoms with van der Waals surface area (Å²) in [6.07, 6.45) is 2.95. The SMILES string of the molecule is Cc1c(C(=O)N2CCC(O)(Cc3cccc(F)c3)CC2)cnn1C. The number of hydrogen-bond acceptors (Lipinski definition) is 3. The van der Waals surface area contributed by atoms with E-state index in [1.165, 1.54) is 12.1 Å². The second-order valence-corrected chi connectivity index (χ2v) is 6.59. The molecular weight excluding hydrogens is 309 g/mol. The number of piperidine rings is 1. The van der Waals surface area contributed by atoms with Crippen LogP contribution in [-0.2, 0) is 13.5 Å². The van der Waals surface area contributed by atoms with Gasteiger partial charge in [-0.05, 0) is 37.5 Å². The fourth-order valence-electron chi connectivity index (χ4n) is 3.21. The lowest BCUT2D eigenvalue weighted by Gasteiger charge is -2.38. The third kappa shape index (κ3) is 3.33. The number of aryl methyl sites for hydroxylation is 1. The zero-order chi connectivity index (χ0) is 17.3. The van der Waals surface area contributed by atoms with Crippen molar-refractivity contribution in [2.24, 2.45) is 7.05 Å². The molecule has 1 aliphatic heterocycles. The molecule has 0 radical (unpaired) electrons. The van der Waals surface area contributed by atoms with Gasteiger partial charge in [-0.25, -0.2) is 4.39 Å². The highest BCUT2D eigenvalue weighted by molar-refractivity contribution is 5.95. The van der Waals surface area contributed by atoms with Crippen molar-refractivity contribution in [1.29, 1.82) is 0 Å². The summed E-state index contributed by atoms with van der Waals surface area (Å²) in [5.74, 6) is -0.343. The molecule has 5 nitrogen and oxygen atoms in total. The number of halogens is 1. The molecule has 2 aromatic rings. The number of likely N-dealkylation sites (tertiary alicyclic amines) is 1. The van der Waals surface area contributed by atoms with Gasteiger partial charge < -0.3 is 10.0 Å². The van der Waals surface area contributed by atoms with Crippen molar-refractivity contribution in [3.63, 3.8) is 0 Å². The number of carbonyl (C=O) groups is 1. The van der Waals surface area contributed by atoms with Crippen LogP contribution in [0.2, 0.25) is 0 Å². The first-order chi connectivity index (χ1) is 11.4. The molecule has 1 N–H and O–H groups in total. The molecule has 0 bridgehead atoms. The average Bonchev–Trinajstić information content (AvgIpc) is 2.87. The summed E-state index contributed by atoms with van der Waals surface area (Å²) in [6, 6.07) is 6.31. The molecule has 1 aromatic heterocycles. The minimum absolute atomic E-state index is 0.0478. The second kappa shape index (κ2) is 6.36. The number of hydrogen-bond donors (Lipinski definition) is 1. The van der Waals surface area contributed by atoms with Gasteiger partial charge in [-0.1, -0.05) is 12.1 Å². The van der Waals surface area contributed by atoms with Crippen molar-refractivity contribution in [2.75, 3.05) is 13.1 Å². The van der Waals surface area contributed by atoms with E-state index in [0.717, 1.165) is 11.3 Å². The maximum Gasteiger partial charge on any atom is 0.257 e. The van der Waals surface area contributed by atoms with Gasteiger partial charge in [0.15, 0.2) is 0 Å². The van der Waals surface area contributed by atoms with Crippen molar-refractivity contribution in [3.8, 4) is 0 Å². The lowest BCUT2D eigenvalue weighted by molar-refractivity contribution is -0.0162. The molecule has 1 fully saturated rings. The number of aliphatic hydroxyl groups is 1. The fraction of sp³-hybridized carbons (Fsp3) is 0.444. The number of amides is 1. The van der Waals surface area contributed by atoms with Crippen LogP contribution in [0.5, 0.6) is 0 Å². The van der Waals surface area contributed by atoms with Gasteiger partial charge in [-0.15, -0.1) is 0 Å². The van der Waals surface area contributed by atoms with E-state index in [0.29, 0.717) is 37.9 Å². The molecule has 1 saturated heterocycles. The summed E-state index contributed by atoms with van der Waals surface area (Å²) in [5, 5.41) is 14.9. The van der Waals surface area contributed by atoms with Gasteiger partial charge in [0.2, 0.25) is 0 Å². The highest BCUT2D eigenvalue weighted by Crippen LogP contribution is 2.27. The van der Waals surface area contributed by atoms with Crippen LogP contribution in [0.1, 0.15) is 34.5 Å². The lowest BCUT2D eigenvalue weighted by Crippen LogP contribution is -2.47. The highest BCUT2D eigenvalue weighted by atomic mass is 19.1. The standard InChI is InChI=1S/C18H22FN3O2/c1-13-16(12-20-21(13)2)17(23)22-8-6-18(24,7-9-22)11-14-4-3-5-15(19)10-14/h3-5,10,12,24H,6-9,11H2,1-2H3. The molecule has 0 spiro atoms. The van der Waals surface area contributed by atoms with Crippen LogP contribution in [0.25, 0.3) is 0 Å². The summed E-state index contributed by atoms with van der Waals surface area (Å²) in [4.78, 5) is 14.3. The Bertz CT molecular complexity index is 748. The van der Waals surface area contributed by atoms with Gasteiger partial charge in [0.25, 0.3) is 5.91 Å². The van der Waals surface area contributed by atoms with Crippen LogP contribution in [0, 0.1) is 12.7 Å². The van der Waals surface area contributed by atoms with E-state index in [1.807, 2.05) is 13.0 Å². The molecule has 24 heavy (non-hydrogen) atoms. The van der Waals surface area contributed by atoms with Gasteiger partial charge >= 0.3 is 0 Å². The van der Waals surface area contributed by atoms with Gasteiger partial charge in [-0.3, -0.25) is 9.48 Å². The summed E-state index contributed by atoms with van der Waals surface area (Å²) < 4.78 is 15.0. The lowest BCUT2D eigenvalue weighted by atomic mass is 9.85. The maximum absolute atomic E-state index is 13.3. The molecule has 1 amide bonds. The summed E-state index contributed by atoms with van der Waals surface area (Å²) >= 11 is 0. The molecule has 0 aliphatic carbocycles. The summed E-state index contributed by atoms with van der Waals surface area (Å²) in [7, 11) is 1.81. The van der Waals surface area contributed by atoms with E-state index in [4.69, 9.17) is 0 Å². The molecule has 1 aliphatic rings. The Morgan fingerprint density at radius 1 is 1.38 bits per heavy atom. The largest absolute Gasteiger partial charge is 0.389 e. The maximum atomic E-state index is 13.3. The smallest absolute Gasteiger partial charge is 0.257 e. The molecule has 2 heterocycles. The molecule has 0 atom stereocenters.